The Morgan fingerprint density at radius 2 is 1.82 bits per heavy atom. The van der Waals surface area contributed by atoms with Crippen LogP contribution >= 0.6 is 0 Å². The molecule has 5 rings (SSSR count). The Morgan fingerprint density at radius 3 is 2.58 bits per heavy atom. The lowest BCUT2D eigenvalue weighted by Gasteiger charge is -2.59. The zero-order valence-corrected chi connectivity index (χ0v) is 24.0. The molecule has 5 aliphatic carbocycles. The number of ketones is 2. The third-order valence-electron chi connectivity index (χ3n) is 11.3. The van der Waals surface area contributed by atoms with Crippen molar-refractivity contribution in [2.75, 3.05) is 13.2 Å². The standard InChI is InChI=1S/C32H45NO7/c1-30-14-12-22(34)16-21(30)8-9-23-24-13-15-32(39,31(24,2)17-25(35)29(23)30)26(36)19-40-28(38)11-10-27(37)33-18-20-6-4-3-5-7-20/h12,14,16,20,23-25,29,35,39H,3-11,13,15,17-19H2,1-2H3,(H,33,37)/t23-,24+,25+,29+,30+,31+,32+/m1/s1. The molecule has 0 aromatic carbocycles. The summed E-state index contributed by atoms with van der Waals surface area (Å²) in [6, 6.07) is 0. The monoisotopic (exact) mass is 555 g/mol. The van der Waals surface area contributed by atoms with Gasteiger partial charge in [-0.2, -0.15) is 0 Å². The molecule has 7 atom stereocenters. The van der Waals surface area contributed by atoms with Crippen LogP contribution in [0.15, 0.2) is 23.8 Å². The van der Waals surface area contributed by atoms with Crippen molar-refractivity contribution in [3.63, 3.8) is 0 Å². The van der Waals surface area contributed by atoms with Crippen molar-refractivity contribution in [3.05, 3.63) is 23.8 Å². The molecule has 0 bridgehead atoms. The molecule has 1 amide bonds. The summed E-state index contributed by atoms with van der Waals surface area (Å²) in [5.74, 6) is -0.832. The second-order valence-corrected chi connectivity index (χ2v) is 13.5. The van der Waals surface area contributed by atoms with E-state index in [1.165, 1.54) is 19.3 Å². The average molecular weight is 556 g/mol. The normalized spacial score (nSPS) is 39.0. The first-order chi connectivity index (χ1) is 19.0. The molecule has 4 saturated carbocycles. The maximum atomic E-state index is 13.4. The van der Waals surface area contributed by atoms with Gasteiger partial charge in [-0.05, 0) is 74.9 Å². The molecule has 40 heavy (non-hydrogen) atoms. The van der Waals surface area contributed by atoms with E-state index >= 15 is 0 Å². The molecule has 0 radical (unpaired) electrons. The number of hydrogen-bond acceptors (Lipinski definition) is 7. The van der Waals surface area contributed by atoms with Crippen LogP contribution < -0.4 is 5.32 Å². The van der Waals surface area contributed by atoms with Crippen LogP contribution in [0.2, 0.25) is 0 Å². The summed E-state index contributed by atoms with van der Waals surface area (Å²) < 4.78 is 5.24. The van der Waals surface area contributed by atoms with Gasteiger partial charge in [0.25, 0.3) is 0 Å². The summed E-state index contributed by atoms with van der Waals surface area (Å²) >= 11 is 0. The lowest BCUT2D eigenvalue weighted by molar-refractivity contribution is -0.181. The number of carbonyl (C=O) groups excluding carboxylic acids is 4. The predicted molar refractivity (Wildman–Crippen MR) is 148 cm³/mol. The van der Waals surface area contributed by atoms with E-state index in [1.807, 2.05) is 13.0 Å². The summed E-state index contributed by atoms with van der Waals surface area (Å²) in [4.78, 5) is 50.0. The van der Waals surface area contributed by atoms with Crippen LogP contribution in [0, 0.1) is 34.5 Å². The number of allylic oxidation sites excluding steroid dienone is 4. The first kappa shape index (κ1) is 29.2. The van der Waals surface area contributed by atoms with Gasteiger partial charge >= 0.3 is 5.97 Å². The number of aliphatic hydroxyl groups is 2. The fourth-order valence-corrected chi connectivity index (χ4v) is 9.08. The van der Waals surface area contributed by atoms with Crippen molar-refractivity contribution in [1.29, 1.82) is 0 Å². The maximum Gasteiger partial charge on any atom is 0.306 e. The summed E-state index contributed by atoms with van der Waals surface area (Å²) in [7, 11) is 0. The molecule has 0 aliphatic heterocycles. The van der Waals surface area contributed by atoms with E-state index in [0.29, 0.717) is 18.9 Å². The second kappa shape index (κ2) is 11.2. The van der Waals surface area contributed by atoms with Crippen molar-refractivity contribution in [2.45, 2.75) is 103 Å². The Bertz CT molecular complexity index is 1110. The second-order valence-electron chi connectivity index (χ2n) is 13.5. The van der Waals surface area contributed by atoms with Crippen LogP contribution in [0.4, 0.5) is 0 Å². The van der Waals surface area contributed by atoms with Gasteiger partial charge in [0.2, 0.25) is 11.7 Å². The number of Topliss-reactive ketones (excluding diaryl/α,β-unsaturated/α-hetero) is 1. The van der Waals surface area contributed by atoms with E-state index in [-0.39, 0.29) is 55.1 Å². The molecule has 0 unspecified atom stereocenters. The quantitative estimate of drug-likeness (QED) is 0.390. The number of rotatable bonds is 8. The number of nitrogens with one attached hydrogen (secondary N) is 1. The Kier molecular flexibility index (Phi) is 8.14. The SMILES string of the molecule is C[C@]12C=CC(=O)C=C1CC[C@H]1[C@H]2[C@@H](O)C[C@@]2(C)[C@H]1CC[C@]2(O)C(=O)COC(=O)CCC(=O)NCC1CCCCC1. The number of esters is 1. The van der Waals surface area contributed by atoms with Crippen molar-refractivity contribution in [2.24, 2.45) is 34.5 Å². The van der Waals surface area contributed by atoms with Gasteiger partial charge in [0, 0.05) is 29.7 Å². The van der Waals surface area contributed by atoms with E-state index in [9.17, 15) is 29.4 Å². The Balaban J connectivity index is 1.16. The van der Waals surface area contributed by atoms with Gasteiger partial charge in [0.05, 0.1) is 12.5 Å². The smallest absolute Gasteiger partial charge is 0.306 e. The molecule has 8 nitrogen and oxygen atoms in total. The number of aliphatic hydroxyl groups excluding tert-OH is 1. The molecule has 0 saturated heterocycles. The van der Waals surface area contributed by atoms with E-state index in [4.69, 9.17) is 4.74 Å². The zero-order valence-electron chi connectivity index (χ0n) is 24.0. The molecule has 0 aromatic rings. The van der Waals surface area contributed by atoms with Gasteiger partial charge in [-0.1, -0.05) is 44.8 Å². The van der Waals surface area contributed by atoms with Crippen molar-refractivity contribution in [3.8, 4) is 0 Å². The van der Waals surface area contributed by atoms with Gasteiger partial charge in [0.1, 0.15) is 5.60 Å². The minimum Gasteiger partial charge on any atom is -0.458 e. The lowest BCUT2D eigenvalue weighted by Crippen LogP contribution is -2.61. The highest BCUT2D eigenvalue weighted by Crippen LogP contribution is 2.67. The van der Waals surface area contributed by atoms with E-state index in [2.05, 4.69) is 12.2 Å². The summed E-state index contributed by atoms with van der Waals surface area (Å²) in [6.07, 6.45) is 13.0. The summed E-state index contributed by atoms with van der Waals surface area (Å²) in [5.41, 5.74) is -1.90. The predicted octanol–water partition coefficient (Wildman–Crippen LogP) is 3.59. The number of amides is 1. The van der Waals surface area contributed by atoms with Gasteiger partial charge in [0.15, 0.2) is 12.4 Å². The molecule has 220 valence electrons. The van der Waals surface area contributed by atoms with Gasteiger partial charge < -0.3 is 20.3 Å². The van der Waals surface area contributed by atoms with Crippen LogP contribution in [-0.2, 0) is 23.9 Å². The largest absolute Gasteiger partial charge is 0.458 e. The number of hydrogen-bond donors (Lipinski definition) is 3. The van der Waals surface area contributed by atoms with Crippen molar-refractivity contribution >= 4 is 23.4 Å². The Hall–Kier alpha value is -2.32. The fourth-order valence-electron chi connectivity index (χ4n) is 9.08. The highest BCUT2D eigenvalue weighted by molar-refractivity contribution is 6.01. The first-order valence-corrected chi connectivity index (χ1v) is 15.3. The number of carbonyl (C=O) groups is 4. The molecular weight excluding hydrogens is 510 g/mol. The average Bonchev–Trinajstić information content (AvgIpc) is 3.20. The molecule has 0 aromatic heterocycles. The highest BCUT2D eigenvalue weighted by Gasteiger charge is 2.68. The topological polar surface area (TPSA) is 130 Å². The third-order valence-corrected chi connectivity index (χ3v) is 11.3. The van der Waals surface area contributed by atoms with Crippen LogP contribution in [-0.4, -0.2) is 58.5 Å². The molecule has 8 heteroatoms. The van der Waals surface area contributed by atoms with Crippen molar-refractivity contribution in [1.82, 2.24) is 5.32 Å². The molecular formula is C32H45NO7. The Labute approximate surface area is 237 Å². The number of ether oxygens (including phenoxy) is 1. The minimum atomic E-state index is -1.70. The summed E-state index contributed by atoms with van der Waals surface area (Å²) in [6.45, 7) is 4.08. The first-order valence-electron chi connectivity index (χ1n) is 15.3. The summed E-state index contributed by atoms with van der Waals surface area (Å²) in [5, 5.41) is 26.2. The van der Waals surface area contributed by atoms with Crippen LogP contribution in [0.25, 0.3) is 0 Å². The molecule has 0 heterocycles. The van der Waals surface area contributed by atoms with Crippen molar-refractivity contribution < 1.29 is 34.1 Å². The minimum absolute atomic E-state index is 0.00824. The zero-order chi connectivity index (χ0) is 28.7. The fraction of sp³-hybridized carbons (Fsp3) is 0.750. The van der Waals surface area contributed by atoms with E-state index in [0.717, 1.165) is 31.3 Å². The van der Waals surface area contributed by atoms with Crippen LogP contribution in [0.5, 0.6) is 0 Å². The molecule has 5 aliphatic rings. The number of fused-ring (bicyclic) bond motifs is 5. The molecule has 0 spiro atoms. The highest BCUT2D eigenvalue weighted by atomic mass is 16.5. The Morgan fingerprint density at radius 1 is 1.07 bits per heavy atom. The van der Waals surface area contributed by atoms with Crippen LogP contribution in [0.1, 0.15) is 90.9 Å². The lowest BCUT2D eigenvalue weighted by atomic mass is 9.46. The van der Waals surface area contributed by atoms with Gasteiger partial charge in [-0.15, -0.1) is 0 Å². The molecule has 4 fully saturated rings. The molecule has 3 N–H and O–H groups in total. The van der Waals surface area contributed by atoms with Gasteiger partial charge in [-0.3, -0.25) is 19.2 Å². The van der Waals surface area contributed by atoms with E-state index in [1.54, 1.807) is 12.2 Å². The third kappa shape index (κ3) is 5.11. The van der Waals surface area contributed by atoms with Gasteiger partial charge in [-0.25, -0.2) is 0 Å². The van der Waals surface area contributed by atoms with Crippen LogP contribution in [0.3, 0.4) is 0 Å². The van der Waals surface area contributed by atoms with E-state index < -0.39 is 40.9 Å². The maximum absolute atomic E-state index is 13.4.